The fraction of sp³-hybridized carbons (Fsp3) is 0.429. The van der Waals surface area contributed by atoms with E-state index in [1.165, 1.54) is 5.56 Å². The van der Waals surface area contributed by atoms with Crippen LogP contribution in [0.4, 0.5) is 0 Å². The number of benzene rings is 1. The largest absolute Gasteiger partial charge is 0.316 e. The van der Waals surface area contributed by atoms with Crippen molar-refractivity contribution >= 4 is 0 Å². The fourth-order valence-corrected chi connectivity index (χ4v) is 1.67. The molecular weight excluding hydrogens is 196 g/mol. The fourth-order valence-electron chi connectivity index (χ4n) is 1.67. The molecule has 0 aliphatic rings. The minimum Gasteiger partial charge on any atom is -0.316 e. The first-order chi connectivity index (χ1) is 7.86. The molecular formula is C14H22N2. The lowest BCUT2D eigenvalue weighted by Gasteiger charge is -2.20. The van der Waals surface area contributed by atoms with Crippen LogP contribution in [0.1, 0.15) is 12.5 Å². The third-order valence-corrected chi connectivity index (χ3v) is 2.49. The van der Waals surface area contributed by atoms with Crippen molar-refractivity contribution in [2.75, 3.05) is 26.2 Å². The first kappa shape index (κ1) is 12.9. The van der Waals surface area contributed by atoms with Gasteiger partial charge < -0.3 is 5.32 Å². The highest BCUT2D eigenvalue weighted by Crippen LogP contribution is 2.03. The van der Waals surface area contributed by atoms with Crippen LogP contribution < -0.4 is 5.32 Å². The van der Waals surface area contributed by atoms with Gasteiger partial charge in [-0.25, -0.2) is 0 Å². The first-order valence-electron chi connectivity index (χ1n) is 5.94. The van der Waals surface area contributed by atoms with Crippen molar-refractivity contribution in [3.05, 3.63) is 48.6 Å². The van der Waals surface area contributed by atoms with Gasteiger partial charge in [-0.3, -0.25) is 4.90 Å². The van der Waals surface area contributed by atoms with Crippen LogP contribution in [0.3, 0.4) is 0 Å². The molecule has 0 unspecified atom stereocenters. The minimum atomic E-state index is 0.945. The summed E-state index contributed by atoms with van der Waals surface area (Å²) in [7, 11) is 0. The monoisotopic (exact) mass is 218 g/mol. The lowest BCUT2D eigenvalue weighted by atomic mass is 10.2. The second kappa shape index (κ2) is 8.08. The minimum absolute atomic E-state index is 0.945. The van der Waals surface area contributed by atoms with Crippen molar-refractivity contribution in [3.63, 3.8) is 0 Å². The van der Waals surface area contributed by atoms with Crippen LogP contribution in [0.2, 0.25) is 0 Å². The Hall–Kier alpha value is -1.12. The van der Waals surface area contributed by atoms with Crippen molar-refractivity contribution in [3.8, 4) is 0 Å². The van der Waals surface area contributed by atoms with Crippen molar-refractivity contribution in [1.29, 1.82) is 0 Å². The molecule has 0 saturated heterocycles. The molecule has 0 fully saturated rings. The van der Waals surface area contributed by atoms with Crippen molar-refractivity contribution in [2.45, 2.75) is 13.5 Å². The summed E-state index contributed by atoms with van der Waals surface area (Å²) in [5.74, 6) is 0. The second-order valence-corrected chi connectivity index (χ2v) is 3.86. The van der Waals surface area contributed by atoms with Crippen molar-refractivity contribution < 1.29 is 0 Å². The Balaban J connectivity index is 2.41. The van der Waals surface area contributed by atoms with Gasteiger partial charge in [0.15, 0.2) is 0 Å². The molecule has 16 heavy (non-hydrogen) atoms. The highest BCUT2D eigenvalue weighted by atomic mass is 15.1. The Morgan fingerprint density at radius 1 is 1.31 bits per heavy atom. The summed E-state index contributed by atoms with van der Waals surface area (Å²) >= 11 is 0. The third kappa shape index (κ3) is 5.10. The lowest BCUT2D eigenvalue weighted by Crippen LogP contribution is -2.31. The van der Waals surface area contributed by atoms with E-state index < -0.39 is 0 Å². The standard InChI is InChI=1S/C14H22N2/c1-3-11-16(12-10-15-4-2)13-14-8-6-5-7-9-14/h3,5-9,15H,1,4,10-13H2,2H3. The van der Waals surface area contributed by atoms with Crippen LogP contribution in [0.5, 0.6) is 0 Å². The van der Waals surface area contributed by atoms with E-state index in [9.17, 15) is 0 Å². The number of hydrogen-bond donors (Lipinski definition) is 1. The molecule has 2 heteroatoms. The quantitative estimate of drug-likeness (QED) is 0.532. The maximum absolute atomic E-state index is 3.81. The molecule has 0 aliphatic heterocycles. The Bertz CT molecular complexity index is 282. The van der Waals surface area contributed by atoms with E-state index in [1.807, 2.05) is 6.08 Å². The number of likely N-dealkylation sites (N-methyl/N-ethyl adjacent to an activating group) is 1. The average molecular weight is 218 g/mol. The molecule has 88 valence electrons. The molecule has 0 heterocycles. The Morgan fingerprint density at radius 2 is 2.06 bits per heavy atom. The third-order valence-electron chi connectivity index (χ3n) is 2.49. The average Bonchev–Trinajstić information content (AvgIpc) is 2.31. The highest BCUT2D eigenvalue weighted by molar-refractivity contribution is 5.14. The van der Waals surface area contributed by atoms with E-state index >= 15 is 0 Å². The van der Waals surface area contributed by atoms with E-state index in [2.05, 4.69) is 54.1 Å². The van der Waals surface area contributed by atoms with Gasteiger partial charge in [0, 0.05) is 26.2 Å². The molecule has 1 rings (SSSR count). The highest BCUT2D eigenvalue weighted by Gasteiger charge is 2.02. The van der Waals surface area contributed by atoms with E-state index in [-0.39, 0.29) is 0 Å². The molecule has 0 spiro atoms. The molecule has 0 saturated carbocycles. The molecule has 0 bridgehead atoms. The van der Waals surface area contributed by atoms with Crippen LogP contribution in [0.25, 0.3) is 0 Å². The van der Waals surface area contributed by atoms with E-state index in [4.69, 9.17) is 0 Å². The maximum atomic E-state index is 3.81. The summed E-state index contributed by atoms with van der Waals surface area (Å²) in [4.78, 5) is 2.39. The molecule has 0 aliphatic carbocycles. The number of rotatable bonds is 8. The van der Waals surface area contributed by atoms with Gasteiger partial charge in [-0.1, -0.05) is 43.3 Å². The molecule has 0 amide bonds. The van der Waals surface area contributed by atoms with Crippen LogP contribution in [-0.2, 0) is 6.54 Å². The van der Waals surface area contributed by atoms with Gasteiger partial charge in [-0.2, -0.15) is 0 Å². The molecule has 1 aromatic carbocycles. The Kier molecular flexibility index (Phi) is 6.54. The zero-order valence-electron chi connectivity index (χ0n) is 10.2. The van der Waals surface area contributed by atoms with Gasteiger partial charge in [-0.15, -0.1) is 6.58 Å². The second-order valence-electron chi connectivity index (χ2n) is 3.86. The van der Waals surface area contributed by atoms with E-state index in [0.29, 0.717) is 0 Å². The van der Waals surface area contributed by atoms with Crippen LogP contribution in [-0.4, -0.2) is 31.1 Å². The summed E-state index contributed by atoms with van der Waals surface area (Å²) in [5.41, 5.74) is 1.36. The summed E-state index contributed by atoms with van der Waals surface area (Å²) in [6.07, 6.45) is 1.97. The predicted octanol–water partition coefficient (Wildman–Crippen LogP) is 2.28. The van der Waals surface area contributed by atoms with E-state index in [1.54, 1.807) is 0 Å². The normalized spacial score (nSPS) is 10.6. The molecule has 0 radical (unpaired) electrons. The zero-order chi connectivity index (χ0) is 11.6. The van der Waals surface area contributed by atoms with Gasteiger partial charge in [0.25, 0.3) is 0 Å². The van der Waals surface area contributed by atoms with E-state index in [0.717, 1.165) is 32.7 Å². The van der Waals surface area contributed by atoms with Crippen LogP contribution in [0, 0.1) is 0 Å². The number of nitrogens with zero attached hydrogens (tertiary/aromatic N) is 1. The van der Waals surface area contributed by atoms with Gasteiger partial charge in [-0.05, 0) is 12.1 Å². The number of nitrogens with one attached hydrogen (secondary N) is 1. The summed E-state index contributed by atoms with van der Waals surface area (Å²) < 4.78 is 0. The summed E-state index contributed by atoms with van der Waals surface area (Å²) in [5, 5.41) is 3.35. The molecule has 2 nitrogen and oxygen atoms in total. The lowest BCUT2D eigenvalue weighted by molar-refractivity contribution is 0.294. The van der Waals surface area contributed by atoms with Crippen molar-refractivity contribution in [2.24, 2.45) is 0 Å². The smallest absolute Gasteiger partial charge is 0.0237 e. The molecule has 0 atom stereocenters. The van der Waals surface area contributed by atoms with Crippen molar-refractivity contribution in [1.82, 2.24) is 10.2 Å². The Morgan fingerprint density at radius 3 is 2.69 bits per heavy atom. The van der Waals surface area contributed by atoms with Gasteiger partial charge in [0.1, 0.15) is 0 Å². The van der Waals surface area contributed by atoms with Gasteiger partial charge in [0.2, 0.25) is 0 Å². The molecule has 1 aromatic rings. The van der Waals surface area contributed by atoms with Crippen LogP contribution >= 0.6 is 0 Å². The predicted molar refractivity (Wildman–Crippen MR) is 70.5 cm³/mol. The van der Waals surface area contributed by atoms with Crippen LogP contribution in [0.15, 0.2) is 43.0 Å². The zero-order valence-corrected chi connectivity index (χ0v) is 10.2. The summed E-state index contributed by atoms with van der Waals surface area (Å²) in [6.45, 7) is 11.0. The topological polar surface area (TPSA) is 15.3 Å². The summed E-state index contributed by atoms with van der Waals surface area (Å²) in [6, 6.07) is 10.6. The van der Waals surface area contributed by atoms with Gasteiger partial charge in [0.05, 0.1) is 0 Å². The molecule has 0 aromatic heterocycles. The number of hydrogen-bond acceptors (Lipinski definition) is 2. The maximum Gasteiger partial charge on any atom is 0.0237 e. The van der Waals surface area contributed by atoms with Gasteiger partial charge >= 0.3 is 0 Å². The molecule has 1 N–H and O–H groups in total. The Labute approximate surface area is 99.0 Å². The SMILES string of the molecule is C=CCN(CCNCC)Cc1ccccc1. The first-order valence-corrected chi connectivity index (χ1v) is 5.94.